The Balaban J connectivity index is 1.84. The Morgan fingerprint density at radius 1 is 1.25 bits per heavy atom. The zero-order valence-electron chi connectivity index (χ0n) is 15.1. The summed E-state index contributed by atoms with van der Waals surface area (Å²) in [5, 5.41) is 12.7. The zero-order valence-corrected chi connectivity index (χ0v) is 15.9. The molecule has 0 aliphatic heterocycles. The van der Waals surface area contributed by atoms with E-state index in [-0.39, 0.29) is 5.75 Å². The molecule has 0 radical (unpaired) electrons. The van der Waals surface area contributed by atoms with Gasteiger partial charge in [0, 0.05) is 13.1 Å². The molecule has 0 aliphatic rings. The largest absolute Gasteiger partial charge is 0.511 e. The van der Waals surface area contributed by atoms with Crippen molar-refractivity contribution >= 4 is 34.3 Å². The van der Waals surface area contributed by atoms with E-state index in [9.17, 15) is 9.59 Å². The fourth-order valence-electron chi connectivity index (χ4n) is 2.82. The summed E-state index contributed by atoms with van der Waals surface area (Å²) < 4.78 is 12.0. The first-order valence-electron chi connectivity index (χ1n) is 8.68. The monoisotopic (exact) mass is 402 g/mol. The van der Waals surface area contributed by atoms with Crippen molar-refractivity contribution in [3.05, 3.63) is 63.9 Å². The highest BCUT2D eigenvalue weighted by Gasteiger charge is 2.15. The molecular weight excluding hydrogens is 384 g/mol. The van der Waals surface area contributed by atoms with E-state index in [2.05, 4.69) is 10.1 Å². The second-order valence-corrected chi connectivity index (χ2v) is 6.32. The molecule has 7 nitrogen and oxygen atoms in total. The first kappa shape index (κ1) is 19.6. The molecule has 0 atom stereocenters. The van der Waals surface area contributed by atoms with E-state index in [0.717, 1.165) is 5.75 Å². The Morgan fingerprint density at radius 2 is 2.00 bits per heavy atom. The highest BCUT2D eigenvalue weighted by atomic mass is 35.5. The number of nitrogens with zero attached hydrogens (tertiary/aromatic N) is 1. The van der Waals surface area contributed by atoms with Gasteiger partial charge >= 0.3 is 6.16 Å². The molecule has 0 saturated heterocycles. The van der Waals surface area contributed by atoms with Crippen LogP contribution in [0.5, 0.6) is 11.5 Å². The highest BCUT2D eigenvalue weighted by molar-refractivity contribution is 6.34. The molecule has 8 heteroatoms. The van der Waals surface area contributed by atoms with Crippen LogP contribution in [0.4, 0.5) is 10.5 Å². The molecule has 0 saturated carbocycles. The number of hydrogen-bond donors (Lipinski definition) is 2. The van der Waals surface area contributed by atoms with Crippen LogP contribution in [0.2, 0.25) is 5.02 Å². The van der Waals surface area contributed by atoms with Gasteiger partial charge in [-0.3, -0.25) is 4.79 Å². The number of carboxylic acid groups (broad SMARTS) is 1. The molecular formula is C20H19ClN2O5. The van der Waals surface area contributed by atoms with Gasteiger partial charge in [0.1, 0.15) is 12.4 Å². The van der Waals surface area contributed by atoms with Gasteiger partial charge in [-0.1, -0.05) is 29.8 Å². The summed E-state index contributed by atoms with van der Waals surface area (Å²) in [6.07, 6.45) is -0.167. The molecule has 0 amide bonds. The van der Waals surface area contributed by atoms with Gasteiger partial charge in [-0.15, -0.1) is 0 Å². The lowest BCUT2D eigenvalue weighted by molar-refractivity contribution is 0.144. The van der Waals surface area contributed by atoms with Crippen LogP contribution in [0, 0.1) is 0 Å². The van der Waals surface area contributed by atoms with Crippen molar-refractivity contribution in [2.75, 3.05) is 18.5 Å². The summed E-state index contributed by atoms with van der Waals surface area (Å²) in [6, 6.07) is 12.7. The number of carbonyl (C=O) groups is 1. The number of anilines is 1. The van der Waals surface area contributed by atoms with E-state index in [1.54, 1.807) is 16.7 Å². The Labute approximate surface area is 166 Å². The highest BCUT2D eigenvalue weighted by Crippen LogP contribution is 2.28. The minimum Gasteiger partial charge on any atom is -0.492 e. The normalized spacial score (nSPS) is 10.6. The van der Waals surface area contributed by atoms with E-state index < -0.39 is 11.6 Å². The molecule has 0 spiro atoms. The summed E-state index contributed by atoms with van der Waals surface area (Å²) in [5.41, 5.74) is 0.640. The number of nitrogens with one attached hydrogen (secondary N) is 1. The van der Waals surface area contributed by atoms with E-state index >= 15 is 0 Å². The van der Waals surface area contributed by atoms with Crippen molar-refractivity contribution in [3.63, 3.8) is 0 Å². The Kier molecular flexibility index (Phi) is 6.06. The molecule has 0 aliphatic carbocycles. The molecule has 146 valence electrons. The number of aryl methyl sites for hydroxylation is 1. The topological polar surface area (TPSA) is 89.8 Å². The van der Waals surface area contributed by atoms with Crippen LogP contribution in [0.3, 0.4) is 0 Å². The van der Waals surface area contributed by atoms with E-state index in [1.165, 1.54) is 6.20 Å². The summed E-state index contributed by atoms with van der Waals surface area (Å²) >= 11 is 6.36. The molecule has 3 aromatic rings. The molecule has 0 bridgehead atoms. The summed E-state index contributed by atoms with van der Waals surface area (Å²) in [6.45, 7) is 3.25. The van der Waals surface area contributed by atoms with E-state index in [4.69, 9.17) is 21.4 Å². The predicted octanol–water partition coefficient (Wildman–Crippen LogP) is 4.22. The Hall–Kier alpha value is -3.19. The fourth-order valence-corrected chi connectivity index (χ4v) is 3.04. The van der Waals surface area contributed by atoms with Gasteiger partial charge in [-0.25, -0.2) is 4.79 Å². The van der Waals surface area contributed by atoms with Crippen molar-refractivity contribution in [3.8, 4) is 11.5 Å². The second-order valence-electron chi connectivity index (χ2n) is 5.91. The van der Waals surface area contributed by atoms with Gasteiger partial charge in [0.15, 0.2) is 5.75 Å². The van der Waals surface area contributed by atoms with Gasteiger partial charge in [-0.2, -0.15) is 0 Å². The minimum atomic E-state index is -1.54. The van der Waals surface area contributed by atoms with Crippen LogP contribution in [0.15, 0.2) is 53.5 Å². The van der Waals surface area contributed by atoms with Crippen LogP contribution in [0.1, 0.15) is 6.92 Å². The first-order valence-corrected chi connectivity index (χ1v) is 9.06. The maximum Gasteiger partial charge on any atom is 0.511 e. The lowest BCUT2D eigenvalue weighted by Crippen LogP contribution is -2.17. The maximum absolute atomic E-state index is 12.6. The average Bonchev–Trinajstić information content (AvgIpc) is 2.68. The summed E-state index contributed by atoms with van der Waals surface area (Å²) in [5.74, 6) is 0.512. The number of hydrogen-bond acceptors (Lipinski definition) is 5. The SMILES string of the molecule is CCn1cc(OC(=O)O)c(=O)c2cc(NCCOc3ccccc3)c(Cl)cc21. The lowest BCUT2D eigenvalue weighted by Gasteiger charge is -2.14. The lowest BCUT2D eigenvalue weighted by atomic mass is 10.1. The van der Waals surface area contributed by atoms with Crippen LogP contribution < -0.4 is 20.2 Å². The summed E-state index contributed by atoms with van der Waals surface area (Å²) in [4.78, 5) is 23.5. The molecule has 1 heterocycles. The summed E-state index contributed by atoms with van der Waals surface area (Å²) in [7, 11) is 0. The number of aromatic nitrogens is 1. The molecule has 1 aromatic heterocycles. The van der Waals surface area contributed by atoms with Crippen molar-refractivity contribution in [1.82, 2.24) is 4.57 Å². The molecule has 0 unspecified atom stereocenters. The molecule has 2 N–H and O–H groups in total. The Morgan fingerprint density at radius 3 is 2.68 bits per heavy atom. The van der Waals surface area contributed by atoms with Crippen LogP contribution in [-0.4, -0.2) is 29.0 Å². The van der Waals surface area contributed by atoms with E-state index in [1.807, 2.05) is 37.3 Å². The number of benzene rings is 2. The third-order valence-corrected chi connectivity index (χ3v) is 4.42. The van der Waals surface area contributed by atoms with Crippen molar-refractivity contribution in [1.29, 1.82) is 0 Å². The van der Waals surface area contributed by atoms with Crippen molar-refractivity contribution in [2.45, 2.75) is 13.5 Å². The van der Waals surface area contributed by atoms with Crippen molar-refractivity contribution in [2.24, 2.45) is 0 Å². The number of pyridine rings is 1. The third kappa shape index (κ3) is 4.37. The minimum absolute atomic E-state index is 0.248. The number of ether oxygens (including phenoxy) is 2. The van der Waals surface area contributed by atoms with Gasteiger partial charge in [0.2, 0.25) is 5.43 Å². The maximum atomic E-state index is 12.6. The van der Waals surface area contributed by atoms with Crippen LogP contribution in [-0.2, 0) is 6.54 Å². The molecule has 2 aromatic carbocycles. The van der Waals surface area contributed by atoms with Crippen LogP contribution in [0.25, 0.3) is 10.9 Å². The molecule has 0 fully saturated rings. The van der Waals surface area contributed by atoms with Crippen LogP contribution >= 0.6 is 11.6 Å². The zero-order chi connectivity index (χ0) is 20.1. The number of para-hydroxylation sites is 1. The van der Waals surface area contributed by atoms with Gasteiger partial charge in [0.25, 0.3) is 0 Å². The Bertz CT molecular complexity index is 1050. The number of fused-ring (bicyclic) bond motifs is 1. The number of rotatable bonds is 7. The van der Waals surface area contributed by atoms with Gasteiger partial charge in [-0.05, 0) is 31.2 Å². The fraction of sp³-hybridized carbons (Fsp3) is 0.200. The first-order chi connectivity index (χ1) is 13.5. The second kappa shape index (κ2) is 8.67. The average molecular weight is 403 g/mol. The van der Waals surface area contributed by atoms with Gasteiger partial charge < -0.3 is 24.5 Å². The standard InChI is InChI=1S/C20H19ClN2O5/c1-2-23-12-18(28-20(25)26)19(24)14-10-16(15(21)11-17(14)23)22-8-9-27-13-6-4-3-5-7-13/h3-7,10-12,22H,2,8-9H2,1H3,(H,25,26). The van der Waals surface area contributed by atoms with Crippen molar-refractivity contribution < 1.29 is 19.4 Å². The van der Waals surface area contributed by atoms with Gasteiger partial charge in [0.05, 0.1) is 27.8 Å². The third-order valence-electron chi connectivity index (χ3n) is 4.10. The quantitative estimate of drug-likeness (QED) is 0.454. The number of halogens is 1. The predicted molar refractivity (Wildman–Crippen MR) is 108 cm³/mol. The smallest absolute Gasteiger partial charge is 0.492 e. The van der Waals surface area contributed by atoms with E-state index in [0.29, 0.717) is 41.3 Å². The molecule has 28 heavy (non-hydrogen) atoms. The molecule has 3 rings (SSSR count).